The van der Waals surface area contributed by atoms with Crippen LogP contribution in [0.2, 0.25) is 0 Å². The summed E-state index contributed by atoms with van der Waals surface area (Å²) in [7, 11) is 0. The molecule has 2 nitrogen and oxygen atoms in total. The molecule has 0 heterocycles. The topological polar surface area (TPSA) is 40.9 Å². The fourth-order valence-electron chi connectivity index (χ4n) is 0.931. The fraction of sp³-hybridized carbons (Fsp3) is 0.600. The summed E-state index contributed by atoms with van der Waals surface area (Å²) in [5, 5.41) is 8.44. The van der Waals surface area contributed by atoms with Gasteiger partial charge < -0.3 is 4.79 Å². The molecule has 66 valence electrons. The van der Waals surface area contributed by atoms with Crippen molar-refractivity contribution in [3.05, 3.63) is 11.6 Å². The van der Waals surface area contributed by atoms with Crippen molar-refractivity contribution < 1.29 is 4.79 Å². The molecule has 0 aliphatic carbocycles. The van der Waals surface area contributed by atoms with Gasteiger partial charge in [0.25, 0.3) is 0 Å². The molecule has 12 heavy (non-hydrogen) atoms. The molecule has 0 aromatic carbocycles. The Balaban J connectivity index is 4.09. The van der Waals surface area contributed by atoms with Crippen LogP contribution in [0.5, 0.6) is 0 Å². The van der Waals surface area contributed by atoms with Gasteiger partial charge in [-0.3, -0.25) is 0 Å². The van der Waals surface area contributed by atoms with Crippen LogP contribution in [0.3, 0.4) is 0 Å². The van der Waals surface area contributed by atoms with Crippen LogP contribution in [-0.4, -0.2) is 5.78 Å². The third kappa shape index (κ3) is 4.68. The minimum absolute atomic E-state index is 0.180. The normalized spacial score (nSPS) is 11.4. The number of Topliss-reactive ketones (excluding diaryl/α,β-unsaturated/α-hetero) is 1. The lowest BCUT2D eigenvalue weighted by molar-refractivity contribution is -0.116. The van der Waals surface area contributed by atoms with Crippen molar-refractivity contribution in [3.8, 4) is 6.07 Å². The molecule has 0 radical (unpaired) electrons. The minimum Gasteiger partial charge on any atom is -0.300 e. The van der Waals surface area contributed by atoms with E-state index in [0.29, 0.717) is 12.3 Å². The average Bonchev–Trinajstić information content (AvgIpc) is 1.96. The smallest absolute Gasteiger partial charge is 0.130 e. The van der Waals surface area contributed by atoms with Crippen LogP contribution < -0.4 is 0 Å². The molecule has 0 bridgehead atoms. The lowest BCUT2D eigenvalue weighted by atomic mass is 9.97. The number of nitriles is 1. The molecule has 0 saturated heterocycles. The maximum absolute atomic E-state index is 10.7. The zero-order chi connectivity index (χ0) is 9.56. The van der Waals surface area contributed by atoms with E-state index >= 15 is 0 Å². The van der Waals surface area contributed by atoms with Crippen LogP contribution in [0, 0.1) is 17.2 Å². The maximum atomic E-state index is 10.7. The predicted octanol–water partition coefficient (Wildman–Crippen LogP) is 2.46. The van der Waals surface area contributed by atoms with Crippen LogP contribution in [0.4, 0.5) is 0 Å². The van der Waals surface area contributed by atoms with Gasteiger partial charge in [-0.25, -0.2) is 0 Å². The lowest BCUT2D eigenvalue weighted by Gasteiger charge is -2.07. The molecule has 0 rings (SSSR count). The second-order valence-electron chi connectivity index (χ2n) is 3.21. The molecule has 0 amide bonds. The standard InChI is InChI=1S/C10H15NO/c1-8(2)10(6-7-11)5-4-9(3)12/h6,8H,4-5H2,1-3H3. The van der Waals surface area contributed by atoms with Crippen LogP contribution in [0.1, 0.15) is 33.6 Å². The van der Waals surface area contributed by atoms with Crippen LogP contribution >= 0.6 is 0 Å². The predicted molar refractivity (Wildman–Crippen MR) is 48.4 cm³/mol. The van der Waals surface area contributed by atoms with Crippen molar-refractivity contribution in [2.75, 3.05) is 0 Å². The first-order valence-electron chi connectivity index (χ1n) is 4.16. The molecule has 0 aromatic heterocycles. The summed E-state index contributed by atoms with van der Waals surface area (Å²) >= 11 is 0. The van der Waals surface area contributed by atoms with E-state index in [4.69, 9.17) is 5.26 Å². The van der Waals surface area contributed by atoms with E-state index < -0.39 is 0 Å². The Kier molecular flexibility index (Phi) is 5.03. The second kappa shape index (κ2) is 5.54. The Morgan fingerprint density at radius 3 is 2.42 bits per heavy atom. The van der Waals surface area contributed by atoms with E-state index in [1.165, 1.54) is 0 Å². The Morgan fingerprint density at radius 1 is 1.50 bits per heavy atom. The first kappa shape index (κ1) is 10.9. The maximum Gasteiger partial charge on any atom is 0.130 e. The quantitative estimate of drug-likeness (QED) is 0.600. The highest BCUT2D eigenvalue weighted by Crippen LogP contribution is 2.15. The molecule has 0 fully saturated rings. The molecule has 0 aliphatic rings. The number of hydrogen-bond acceptors (Lipinski definition) is 2. The molecule has 0 unspecified atom stereocenters. The number of carbonyl (C=O) groups is 1. The number of nitrogens with zero attached hydrogens (tertiary/aromatic N) is 1. The molecule has 0 spiro atoms. The zero-order valence-corrected chi connectivity index (χ0v) is 7.92. The van der Waals surface area contributed by atoms with Crippen LogP contribution in [0.15, 0.2) is 11.6 Å². The lowest BCUT2D eigenvalue weighted by Crippen LogP contribution is -1.97. The molecular formula is C10H15NO. The summed E-state index contributed by atoms with van der Waals surface area (Å²) in [5.41, 5.74) is 1.06. The first-order chi connectivity index (χ1) is 5.57. The minimum atomic E-state index is 0.180. The van der Waals surface area contributed by atoms with E-state index in [1.54, 1.807) is 13.0 Å². The number of ketones is 1. The van der Waals surface area contributed by atoms with Gasteiger partial charge in [0, 0.05) is 12.5 Å². The van der Waals surface area contributed by atoms with Gasteiger partial charge in [-0.1, -0.05) is 19.4 Å². The third-order valence-corrected chi connectivity index (χ3v) is 1.76. The monoisotopic (exact) mass is 165 g/mol. The summed E-state index contributed by atoms with van der Waals surface area (Å²) in [6.45, 7) is 5.64. The van der Waals surface area contributed by atoms with E-state index in [0.717, 1.165) is 12.0 Å². The van der Waals surface area contributed by atoms with Crippen LogP contribution in [-0.2, 0) is 4.79 Å². The highest BCUT2D eigenvalue weighted by Gasteiger charge is 2.03. The van der Waals surface area contributed by atoms with Crippen molar-refractivity contribution in [2.45, 2.75) is 33.6 Å². The Labute approximate surface area is 73.9 Å². The second-order valence-corrected chi connectivity index (χ2v) is 3.21. The number of rotatable bonds is 4. The molecular weight excluding hydrogens is 150 g/mol. The Bertz CT molecular complexity index is 220. The van der Waals surface area contributed by atoms with Gasteiger partial charge in [-0.05, 0) is 19.3 Å². The largest absolute Gasteiger partial charge is 0.300 e. The van der Waals surface area contributed by atoms with Crippen LogP contribution in [0.25, 0.3) is 0 Å². The SMILES string of the molecule is CC(=O)CCC(=CC#N)C(C)C. The van der Waals surface area contributed by atoms with Gasteiger partial charge in [0.15, 0.2) is 0 Å². The molecule has 0 aliphatic heterocycles. The zero-order valence-electron chi connectivity index (χ0n) is 7.92. The van der Waals surface area contributed by atoms with E-state index in [-0.39, 0.29) is 5.78 Å². The number of carbonyl (C=O) groups excluding carboxylic acids is 1. The van der Waals surface area contributed by atoms with Gasteiger partial charge in [0.1, 0.15) is 5.78 Å². The average molecular weight is 165 g/mol. The van der Waals surface area contributed by atoms with Crippen molar-refractivity contribution >= 4 is 5.78 Å². The van der Waals surface area contributed by atoms with Gasteiger partial charge in [-0.15, -0.1) is 0 Å². The third-order valence-electron chi connectivity index (χ3n) is 1.76. The number of allylic oxidation sites excluding steroid dienone is 2. The first-order valence-corrected chi connectivity index (χ1v) is 4.16. The summed E-state index contributed by atoms with van der Waals surface area (Å²) in [6, 6.07) is 2.00. The molecule has 0 N–H and O–H groups in total. The Hall–Kier alpha value is -1.10. The van der Waals surface area contributed by atoms with Crippen molar-refractivity contribution in [3.63, 3.8) is 0 Å². The van der Waals surface area contributed by atoms with Crippen molar-refractivity contribution in [1.82, 2.24) is 0 Å². The van der Waals surface area contributed by atoms with Crippen molar-refractivity contribution in [1.29, 1.82) is 5.26 Å². The summed E-state index contributed by atoms with van der Waals surface area (Å²) < 4.78 is 0. The van der Waals surface area contributed by atoms with Gasteiger partial charge in [-0.2, -0.15) is 5.26 Å². The molecule has 0 saturated carbocycles. The van der Waals surface area contributed by atoms with E-state index in [2.05, 4.69) is 0 Å². The molecule has 2 heteroatoms. The van der Waals surface area contributed by atoms with E-state index in [1.807, 2.05) is 19.9 Å². The summed E-state index contributed by atoms with van der Waals surface area (Å²) in [6.07, 6.45) is 2.82. The van der Waals surface area contributed by atoms with Crippen molar-refractivity contribution in [2.24, 2.45) is 5.92 Å². The van der Waals surface area contributed by atoms with Gasteiger partial charge in [0.2, 0.25) is 0 Å². The molecule has 0 aromatic rings. The van der Waals surface area contributed by atoms with E-state index in [9.17, 15) is 4.79 Å². The highest BCUT2D eigenvalue weighted by molar-refractivity contribution is 5.75. The molecule has 0 atom stereocenters. The fourth-order valence-corrected chi connectivity index (χ4v) is 0.931. The van der Waals surface area contributed by atoms with Gasteiger partial charge in [0.05, 0.1) is 6.07 Å². The summed E-state index contributed by atoms with van der Waals surface area (Å²) in [5.74, 6) is 0.545. The van der Waals surface area contributed by atoms with Gasteiger partial charge >= 0.3 is 0 Å². The Morgan fingerprint density at radius 2 is 2.08 bits per heavy atom. The summed E-state index contributed by atoms with van der Waals surface area (Å²) in [4.78, 5) is 10.7. The number of hydrogen-bond donors (Lipinski definition) is 0. The highest BCUT2D eigenvalue weighted by atomic mass is 16.1.